The Bertz CT molecular complexity index is 467. The first kappa shape index (κ1) is 13.2. The summed E-state index contributed by atoms with van der Waals surface area (Å²) in [5, 5.41) is 0.169. The van der Waals surface area contributed by atoms with Gasteiger partial charge in [0.15, 0.2) is 0 Å². The molecule has 6 heteroatoms. The second-order valence-corrected chi connectivity index (χ2v) is 2.99. The number of benzene rings is 1. The largest absolute Gasteiger partial charge is 1.00 e. The number of aromatic nitrogens is 1. The van der Waals surface area contributed by atoms with Crippen LogP contribution in [0.3, 0.4) is 0 Å². The zero-order valence-electron chi connectivity index (χ0n) is 8.12. The number of hydrogen-bond acceptors (Lipinski definition) is 1. The molecular weight excluding hydrogens is 229 g/mol. The maximum Gasteiger partial charge on any atom is 1.00 e. The average Bonchev–Trinajstić information content (AvgIpc) is 2.15. The molecule has 0 fully saturated rings. The first-order valence-electron chi connectivity index (χ1n) is 4.12. The first-order chi connectivity index (χ1) is 6.59. The number of para-hydroxylation sites is 1. The molecule has 0 aliphatic rings. The van der Waals surface area contributed by atoms with Gasteiger partial charge in [-0.3, -0.25) is 4.98 Å². The minimum atomic E-state index is -4.96. The second-order valence-electron chi connectivity index (χ2n) is 2.99. The predicted molar refractivity (Wildman–Crippen MR) is 50.5 cm³/mol. The van der Waals surface area contributed by atoms with Crippen molar-refractivity contribution >= 4 is 23.3 Å². The Morgan fingerprint density at radius 1 is 1.00 bits per heavy atom. The van der Waals surface area contributed by atoms with E-state index in [0.29, 0.717) is 5.52 Å². The van der Waals surface area contributed by atoms with E-state index in [-0.39, 0.29) is 56.8 Å². The average molecular weight is 235 g/mol. The van der Waals surface area contributed by atoms with E-state index in [1.807, 2.05) is 0 Å². The van der Waals surface area contributed by atoms with Crippen LogP contribution in [0.2, 0.25) is 0 Å². The monoisotopic (exact) mass is 235 g/mol. The van der Waals surface area contributed by atoms with Crippen LogP contribution in [0.4, 0.5) is 12.9 Å². The van der Waals surface area contributed by atoms with Crippen molar-refractivity contribution in [1.82, 2.24) is 4.98 Å². The number of pyridine rings is 1. The first-order valence-corrected chi connectivity index (χ1v) is 4.12. The zero-order valence-corrected chi connectivity index (χ0v) is 11.2. The molecule has 0 N–H and O–H groups in total. The van der Waals surface area contributed by atoms with Crippen LogP contribution < -0.4 is 56.8 Å². The van der Waals surface area contributed by atoms with Gasteiger partial charge < -0.3 is 12.9 Å². The summed E-state index contributed by atoms with van der Waals surface area (Å²) in [5.74, 6) is 0. The minimum absolute atomic E-state index is 0. The van der Waals surface area contributed by atoms with Crippen molar-refractivity contribution in [3.63, 3.8) is 0 Å². The Labute approximate surface area is 128 Å². The van der Waals surface area contributed by atoms with Crippen LogP contribution in [0.1, 0.15) is 0 Å². The van der Waals surface area contributed by atoms with E-state index in [2.05, 4.69) is 4.98 Å². The van der Waals surface area contributed by atoms with Gasteiger partial charge in [0.25, 0.3) is 0 Å². The molecule has 2 aromatic rings. The SMILES string of the molecule is F[B-](F)(F)c1ccnc2ccccc12.[K+]. The molecule has 0 saturated heterocycles. The number of hydrogen-bond donors (Lipinski definition) is 0. The molecule has 1 aromatic carbocycles. The van der Waals surface area contributed by atoms with Gasteiger partial charge >= 0.3 is 58.4 Å². The van der Waals surface area contributed by atoms with Gasteiger partial charge in [-0.1, -0.05) is 29.7 Å². The summed E-state index contributed by atoms with van der Waals surface area (Å²) in [6.45, 7) is -4.96. The zero-order chi connectivity index (χ0) is 10.2. The molecule has 0 aliphatic carbocycles. The van der Waals surface area contributed by atoms with Crippen LogP contribution in [-0.2, 0) is 0 Å². The van der Waals surface area contributed by atoms with E-state index >= 15 is 0 Å². The molecule has 0 atom stereocenters. The van der Waals surface area contributed by atoms with Gasteiger partial charge in [0.2, 0.25) is 0 Å². The van der Waals surface area contributed by atoms with Gasteiger partial charge in [0.1, 0.15) is 0 Å². The Kier molecular flexibility index (Phi) is 4.37. The molecular formula is C9H6BF3KN. The van der Waals surface area contributed by atoms with E-state index in [9.17, 15) is 12.9 Å². The quantitative estimate of drug-likeness (QED) is 0.595. The van der Waals surface area contributed by atoms with Gasteiger partial charge in [-0.2, -0.15) is 0 Å². The maximum atomic E-state index is 12.6. The molecule has 1 nitrogen and oxygen atoms in total. The maximum absolute atomic E-state index is 12.6. The smallest absolute Gasteiger partial charge is 0.445 e. The van der Waals surface area contributed by atoms with Crippen molar-refractivity contribution in [3.05, 3.63) is 36.5 Å². The van der Waals surface area contributed by atoms with Crippen LogP contribution in [0.5, 0.6) is 0 Å². The van der Waals surface area contributed by atoms with E-state index in [4.69, 9.17) is 0 Å². The summed E-state index contributed by atoms with van der Waals surface area (Å²) in [5.41, 5.74) is -0.195. The Morgan fingerprint density at radius 3 is 2.33 bits per heavy atom. The van der Waals surface area contributed by atoms with E-state index < -0.39 is 12.4 Å². The number of nitrogens with zero attached hydrogens (tertiary/aromatic N) is 1. The van der Waals surface area contributed by atoms with Gasteiger partial charge in [-0.15, -0.1) is 0 Å². The summed E-state index contributed by atoms with van der Waals surface area (Å²) >= 11 is 0. The van der Waals surface area contributed by atoms with Crippen molar-refractivity contribution in [1.29, 1.82) is 0 Å². The summed E-state index contributed by atoms with van der Waals surface area (Å²) in [4.78, 5) is 3.87. The van der Waals surface area contributed by atoms with Crippen LogP contribution in [0.25, 0.3) is 10.9 Å². The molecule has 2 rings (SSSR count). The molecule has 0 unspecified atom stereocenters. The molecule has 1 aromatic heterocycles. The van der Waals surface area contributed by atoms with Gasteiger partial charge in [0, 0.05) is 6.20 Å². The van der Waals surface area contributed by atoms with Gasteiger partial charge in [0.05, 0.1) is 5.52 Å². The number of halogens is 3. The molecule has 0 radical (unpaired) electrons. The summed E-state index contributed by atoms with van der Waals surface area (Å²) in [7, 11) is 0. The van der Waals surface area contributed by atoms with Crippen LogP contribution in [0.15, 0.2) is 36.5 Å². The van der Waals surface area contributed by atoms with Crippen molar-refractivity contribution in [2.24, 2.45) is 0 Å². The molecule has 0 saturated carbocycles. The second kappa shape index (κ2) is 4.97. The molecule has 72 valence electrons. The van der Waals surface area contributed by atoms with Gasteiger partial charge in [-0.25, -0.2) is 0 Å². The Morgan fingerprint density at radius 2 is 1.67 bits per heavy atom. The van der Waals surface area contributed by atoms with Crippen molar-refractivity contribution < 1.29 is 64.3 Å². The molecule has 0 aliphatic heterocycles. The fourth-order valence-electron chi connectivity index (χ4n) is 1.40. The molecule has 15 heavy (non-hydrogen) atoms. The third kappa shape index (κ3) is 2.82. The van der Waals surface area contributed by atoms with Crippen molar-refractivity contribution in [3.8, 4) is 0 Å². The van der Waals surface area contributed by atoms with E-state index in [0.717, 1.165) is 6.07 Å². The summed E-state index contributed by atoms with van der Waals surface area (Å²) < 4.78 is 37.7. The fraction of sp³-hybridized carbons (Fsp3) is 0. The standard InChI is InChI=1S/C9H6BF3N.K/c11-10(12,13)8-5-6-14-9-4-2-1-3-7(8)9;/h1-6H;/q-1;+1. The normalized spacial score (nSPS) is 11.1. The summed E-state index contributed by atoms with van der Waals surface area (Å²) in [6.07, 6.45) is 1.19. The van der Waals surface area contributed by atoms with E-state index in [1.54, 1.807) is 18.2 Å². The third-order valence-corrected chi connectivity index (χ3v) is 2.04. The van der Waals surface area contributed by atoms with Crippen molar-refractivity contribution in [2.75, 3.05) is 0 Å². The minimum Gasteiger partial charge on any atom is -0.445 e. The molecule has 0 spiro atoms. The van der Waals surface area contributed by atoms with Crippen molar-refractivity contribution in [2.45, 2.75) is 0 Å². The molecule has 0 amide bonds. The number of rotatable bonds is 1. The van der Waals surface area contributed by atoms with E-state index in [1.165, 1.54) is 12.3 Å². The summed E-state index contributed by atoms with van der Waals surface area (Å²) in [6, 6.07) is 7.27. The molecule has 0 bridgehead atoms. The fourth-order valence-corrected chi connectivity index (χ4v) is 1.40. The topological polar surface area (TPSA) is 12.9 Å². The van der Waals surface area contributed by atoms with Crippen LogP contribution >= 0.6 is 0 Å². The predicted octanol–water partition coefficient (Wildman–Crippen LogP) is -0.707. The van der Waals surface area contributed by atoms with Crippen LogP contribution in [0, 0.1) is 0 Å². The van der Waals surface area contributed by atoms with Gasteiger partial charge in [-0.05, 0) is 11.5 Å². The molecule has 1 heterocycles. The Balaban J connectivity index is 0.00000112. The van der Waals surface area contributed by atoms with Crippen LogP contribution in [-0.4, -0.2) is 12.0 Å². The number of fused-ring (bicyclic) bond motifs is 1. The third-order valence-electron chi connectivity index (χ3n) is 2.04. The Hall–Kier alpha value is 0.121.